The summed E-state index contributed by atoms with van der Waals surface area (Å²) in [4.78, 5) is 0. The number of rotatable bonds is 4. The molecule has 0 aliphatic carbocycles. The van der Waals surface area contributed by atoms with E-state index in [1.54, 1.807) is 0 Å². The molecule has 0 spiro atoms. The van der Waals surface area contributed by atoms with Crippen molar-refractivity contribution < 1.29 is 0 Å². The number of nitrogens with two attached hydrogens (primary N) is 1. The summed E-state index contributed by atoms with van der Waals surface area (Å²) in [5, 5.41) is 0. The maximum Gasteiger partial charge on any atom is 0.0100 e. The second kappa shape index (κ2) is 6.72. The Morgan fingerprint density at radius 1 is 1.19 bits per heavy atom. The van der Waals surface area contributed by atoms with Crippen molar-refractivity contribution in [3.8, 4) is 0 Å². The molecule has 0 saturated heterocycles. The van der Waals surface area contributed by atoms with Gasteiger partial charge in [-0.1, -0.05) is 36.4 Å². The molecule has 0 fully saturated rings. The lowest BCUT2D eigenvalue weighted by molar-refractivity contribution is 0.477. The summed E-state index contributed by atoms with van der Waals surface area (Å²) in [6.45, 7) is 6.17. The zero-order chi connectivity index (χ0) is 11.3. The van der Waals surface area contributed by atoms with E-state index in [4.69, 9.17) is 5.73 Å². The molecule has 0 saturated carbocycles. The number of hydrogen-bond donors (Lipinski definition) is 1. The summed E-state index contributed by atoms with van der Waals surface area (Å²) < 4.78 is 0. The zero-order valence-electron chi connectivity index (χ0n) is 10.4. The maximum absolute atomic E-state index is 5.95. The van der Waals surface area contributed by atoms with Crippen LogP contribution in [-0.4, -0.2) is 5.54 Å². The molecule has 0 unspecified atom stereocenters. The van der Waals surface area contributed by atoms with Crippen LogP contribution >= 0.6 is 12.4 Å². The highest BCUT2D eigenvalue weighted by molar-refractivity contribution is 5.85. The van der Waals surface area contributed by atoms with Gasteiger partial charge in [-0.2, -0.15) is 0 Å². The van der Waals surface area contributed by atoms with Crippen molar-refractivity contribution in [1.82, 2.24) is 0 Å². The van der Waals surface area contributed by atoms with Gasteiger partial charge in [0.1, 0.15) is 0 Å². The first-order valence-corrected chi connectivity index (χ1v) is 5.52. The van der Waals surface area contributed by atoms with E-state index in [0.29, 0.717) is 0 Å². The molecule has 1 nitrogen and oxygen atoms in total. The number of allylic oxidation sites excluding steroid dienone is 1. The molecule has 0 heterocycles. The SMILES string of the molecule is CC=Cc1ccc(CCC(C)(C)N)cc1.Cl. The summed E-state index contributed by atoms with van der Waals surface area (Å²) in [6, 6.07) is 8.67. The van der Waals surface area contributed by atoms with Crippen LogP contribution in [0.4, 0.5) is 0 Å². The highest BCUT2D eigenvalue weighted by Crippen LogP contribution is 2.12. The Bertz CT molecular complexity index is 320. The van der Waals surface area contributed by atoms with Crippen molar-refractivity contribution in [1.29, 1.82) is 0 Å². The molecule has 1 aromatic rings. The predicted octanol–water partition coefficient (Wildman–Crippen LogP) is 3.81. The summed E-state index contributed by atoms with van der Waals surface area (Å²) in [6.07, 6.45) is 6.24. The molecule has 0 amide bonds. The Balaban J connectivity index is 0.00000225. The minimum atomic E-state index is -0.0675. The summed E-state index contributed by atoms with van der Waals surface area (Å²) >= 11 is 0. The van der Waals surface area contributed by atoms with E-state index in [1.165, 1.54) is 11.1 Å². The molecular weight excluding hydrogens is 218 g/mol. The van der Waals surface area contributed by atoms with Gasteiger partial charge in [0, 0.05) is 5.54 Å². The number of aryl methyl sites for hydroxylation is 1. The van der Waals surface area contributed by atoms with Crippen LogP contribution in [0.3, 0.4) is 0 Å². The van der Waals surface area contributed by atoms with Crippen LogP contribution in [0.5, 0.6) is 0 Å². The third-order valence-corrected chi connectivity index (χ3v) is 2.40. The Morgan fingerprint density at radius 2 is 1.75 bits per heavy atom. The molecular formula is C14H22ClN. The van der Waals surface area contributed by atoms with Gasteiger partial charge in [-0.15, -0.1) is 12.4 Å². The minimum absolute atomic E-state index is 0. The molecule has 2 heteroatoms. The maximum atomic E-state index is 5.95. The van der Waals surface area contributed by atoms with Gasteiger partial charge < -0.3 is 5.73 Å². The van der Waals surface area contributed by atoms with E-state index in [9.17, 15) is 0 Å². The molecule has 0 aliphatic heterocycles. The van der Waals surface area contributed by atoms with Crippen LogP contribution in [0, 0.1) is 0 Å². The van der Waals surface area contributed by atoms with Crippen LogP contribution in [0.25, 0.3) is 6.08 Å². The number of halogens is 1. The van der Waals surface area contributed by atoms with Gasteiger partial charge in [-0.3, -0.25) is 0 Å². The third kappa shape index (κ3) is 5.94. The van der Waals surface area contributed by atoms with Crippen molar-refractivity contribution in [2.24, 2.45) is 5.73 Å². The summed E-state index contributed by atoms with van der Waals surface area (Å²) in [7, 11) is 0. The van der Waals surface area contributed by atoms with Gasteiger partial charge in [0.15, 0.2) is 0 Å². The second-order valence-corrected chi connectivity index (χ2v) is 4.73. The van der Waals surface area contributed by atoms with Crippen LogP contribution in [-0.2, 0) is 6.42 Å². The fourth-order valence-corrected chi connectivity index (χ4v) is 1.45. The largest absolute Gasteiger partial charge is 0.326 e. The third-order valence-electron chi connectivity index (χ3n) is 2.40. The van der Waals surface area contributed by atoms with Crippen molar-refractivity contribution in [3.63, 3.8) is 0 Å². The second-order valence-electron chi connectivity index (χ2n) is 4.73. The number of hydrogen-bond acceptors (Lipinski definition) is 1. The van der Waals surface area contributed by atoms with Gasteiger partial charge in [-0.05, 0) is 44.7 Å². The summed E-state index contributed by atoms with van der Waals surface area (Å²) in [5.74, 6) is 0. The van der Waals surface area contributed by atoms with E-state index in [0.717, 1.165) is 12.8 Å². The van der Waals surface area contributed by atoms with E-state index >= 15 is 0 Å². The van der Waals surface area contributed by atoms with Gasteiger partial charge in [-0.25, -0.2) is 0 Å². The average Bonchev–Trinajstić information content (AvgIpc) is 2.16. The topological polar surface area (TPSA) is 26.0 Å². The highest BCUT2D eigenvalue weighted by Gasteiger charge is 2.09. The molecule has 0 atom stereocenters. The molecule has 0 aromatic heterocycles. The zero-order valence-corrected chi connectivity index (χ0v) is 11.2. The van der Waals surface area contributed by atoms with Crippen molar-refractivity contribution in [2.45, 2.75) is 39.2 Å². The fraction of sp³-hybridized carbons (Fsp3) is 0.429. The van der Waals surface area contributed by atoms with Crippen molar-refractivity contribution in [2.75, 3.05) is 0 Å². The Kier molecular flexibility index (Phi) is 6.39. The Labute approximate surface area is 105 Å². The number of benzene rings is 1. The minimum Gasteiger partial charge on any atom is -0.326 e. The lowest BCUT2D eigenvalue weighted by atomic mass is 9.96. The standard InChI is InChI=1S/C14H21N.ClH/c1-4-5-12-6-8-13(9-7-12)10-11-14(2,3)15;/h4-9H,10-11,15H2,1-3H3;1H. The fourth-order valence-electron chi connectivity index (χ4n) is 1.45. The van der Waals surface area contributed by atoms with Crippen LogP contribution in [0.2, 0.25) is 0 Å². The normalized spacial score (nSPS) is 11.5. The molecule has 2 N–H and O–H groups in total. The monoisotopic (exact) mass is 239 g/mol. The first kappa shape index (κ1) is 15.2. The first-order valence-electron chi connectivity index (χ1n) is 5.52. The van der Waals surface area contributed by atoms with Crippen LogP contribution < -0.4 is 5.73 Å². The lowest BCUT2D eigenvalue weighted by Gasteiger charge is -2.17. The quantitative estimate of drug-likeness (QED) is 0.850. The molecule has 1 aromatic carbocycles. The average molecular weight is 240 g/mol. The van der Waals surface area contributed by atoms with E-state index in [-0.39, 0.29) is 17.9 Å². The van der Waals surface area contributed by atoms with Crippen LogP contribution in [0.15, 0.2) is 30.3 Å². The predicted molar refractivity (Wildman–Crippen MR) is 75.0 cm³/mol. The molecule has 0 radical (unpaired) electrons. The Hall–Kier alpha value is -0.790. The van der Waals surface area contributed by atoms with Gasteiger partial charge in [0.2, 0.25) is 0 Å². The molecule has 90 valence electrons. The molecule has 16 heavy (non-hydrogen) atoms. The van der Waals surface area contributed by atoms with E-state index in [2.05, 4.69) is 50.3 Å². The highest BCUT2D eigenvalue weighted by atomic mass is 35.5. The van der Waals surface area contributed by atoms with E-state index < -0.39 is 0 Å². The Morgan fingerprint density at radius 3 is 2.19 bits per heavy atom. The van der Waals surface area contributed by atoms with Gasteiger partial charge in [0.05, 0.1) is 0 Å². The molecule has 0 aliphatic rings. The van der Waals surface area contributed by atoms with E-state index in [1.807, 2.05) is 6.92 Å². The smallest absolute Gasteiger partial charge is 0.0100 e. The summed E-state index contributed by atoms with van der Waals surface area (Å²) in [5.41, 5.74) is 8.50. The van der Waals surface area contributed by atoms with Crippen molar-refractivity contribution in [3.05, 3.63) is 41.5 Å². The van der Waals surface area contributed by atoms with Gasteiger partial charge in [0.25, 0.3) is 0 Å². The van der Waals surface area contributed by atoms with Gasteiger partial charge >= 0.3 is 0 Å². The first-order chi connectivity index (χ1) is 7.01. The van der Waals surface area contributed by atoms with Crippen LogP contribution in [0.1, 0.15) is 38.3 Å². The lowest BCUT2D eigenvalue weighted by Crippen LogP contribution is -2.32. The molecule has 1 rings (SSSR count). The molecule has 0 bridgehead atoms. The van der Waals surface area contributed by atoms with Crippen molar-refractivity contribution >= 4 is 18.5 Å².